The molecule has 3 rings (SSSR count). The summed E-state index contributed by atoms with van der Waals surface area (Å²) in [5.74, 6) is 0.358. The van der Waals surface area contributed by atoms with E-state index in [0.29, 0.717) is 12.2 Å². The summed E-state index contributed by atoms with van der Waals surface area (Å²) in [7, 11) is 0. The standard InChI is InChI=1S/C17H33N5O10/c18-7-3-9(22-28)15(32-17-12(24)11(19)10(23)5-29-17)13(25)14(7)31-16-8(21-27)2-1-6(30-16)4-20-26/h1,7-17,20-28H,2-5,18-19H2. The Labute approximate surface area is 183 Å². The van der Waals surface area contributed by atoms with Gasteiger partial charge in [-0.25, -0.2) is 0 Å². The number of hydrogen-bond acceptors (Lipinski definition) is 15. The number of nitrogens with two attached hydrogens (primary N) is 2. The fourth-order valence-electron chi connectivity index (χ4n) is 4.04. The summed E-state index contributed by atoms with van der Waals surface area (Å²) in [5, 5.41) is 58.8. The highest BCUT2D eigenvalue weighted by Gasteiger charge is 2.49. The average Bonchev–Trinajstić information content (AvgIpc) is 2.78. The second kappa shape index (κ2) is 11.4. The van der Waals surface area contributed by atoms with Gasteiger partial charge in [-0.15, -0.1) is 0 Å². The van der Waals surface area contributed by atoms with Gasteiger partial charge in [-0.3, -0.25) is 0 Å². The topological polar surface area (TPSA) is 246 Å². The molecule has 2 heterocycles. The van der Waals surface area contributed by atoms with Crippen molar-refractivity contribution in [1.82, 2.24) is 16.4 Å². The van der Waals surface area contributed by atoms with E-state index < -0.39 is 67.3 Å². The fraction of sp³-hybridized carbons (Fsp3) is 0.882. The van der Waals surface area contributed by atoms with Crippen molar-refractivity contribution in [3.05, 3.63) is 11.8 Å². The number of ether oxygens (including phenoxy) is 4. The highest BCUT2D eigenvalue weighted by molar-refractivity contribution is 5.04. The minimum absolute atomic E-state index is 0.00252. The first kappa shape index (κ1) is 25.6. The Morgan fingerprint density at radius 1 is 0.969 bits per heavy atom. The fourth-order valence-corrected chi connectivity index (χ4v) is 4.04. The Morgan fingerprint density at radius 3 is 2.31 bits per heavy atom. The van der Waals surface area contributed by atoms with Crippen molar-refractivity contribution in [1.29, 1.82) is 0 Å². The van der Waals surface area contributed by atoms with Crippen LogP contribution >= 0.6 is 0 Å². The second-order valence-electron chi connectivity index (χ2n) is 8.13. The molecule has 2 aliphatic heterocycles. The molecule has 0 amide bonds. The maximum atomic E-state index is 11.0. The van der Waals surface area contributed by atoms with Gasteiger partial charge in [0.25, 0.3) is 0 Å². The third-order valence-electron chi connectivity index (χ3n) is 5.93. The molecular weight excluding hydrogens is 434 g/mol. The zero-order chi connectivity index (χ0) is 23.4. The van der Waals surface area contributed by atoms with Crippen molar-refractivity contribution in [2.75, 3.05) is 13.2 Å². The molecule has 0 radical (unpaired) electrons. The summed E-state index contributed by atoms with van der Waals surface area (Å²) in [6.07, 6.45) is -6.40. The third kappa shape index (κ3) is 5.54. The van der Waals surface area contributed by atoms with Crippen molar-refractivity contribution in [2.45, 2.75) is 80.1 Å². The Hall–Kier alpha value is -1.02. The van der Waals surface area contributed by atoms with Gasteiger partial charge in [0.1, 0.15) is 30.2 Å². The number of aliphatic hydroxyl groups excluding tert-OH is 3. The highest BCUT2D eigenvalue weighted by atomic mass is 16.7. The van der Waals surface area contributed by atoms with Gasteiger partial charge in [0, 0.05) is 6.04 Å². The molecule has 0 aromatic heterocycles. The van der Waals surface area contributed by atoms with Crippen molar-refractivity contribution in [2.24, 2.45) is 11.5 Å². The van der Waals surface area contributed by atoms with Gasteiger partial charge in [-0.2, -0.15) is 16.4 Å². The van der Waals surface area contributed by atoms with Gasteiger partial charge in [-0.05, 0) is 18.9 Å². The van der Waals surface area contributed by atoms with Crippen LogP contribution in [0.3, 0.4) is 0 Å². The van der Waals surface area contributed by atoms with E-state index in [-0.39, 0.29) is 19.6 Å². The number of nitrogens with one attached hydrogen (secondary N) is 3. The third-order valence-corrected chi connectivity index (χ3v) is 5.93. The van der Waals surface area contributed by atoms with Crippen molar-refractivity contribution in [3.63, 3.8) is 0 Å². The molecule has 3 aliphatic rings. The lowest BCUT2D eigenvalue weighted by atomic mass is 9.84. The van der Waals surface area contributed by atoms with Crippen LogP contribution in [0.1, 0.15) is 12.8 Å². The Bertz CT molecular complexity index is 633. The minimum atomic E-state index is -1.42. The van der Waals surface area contributed by atoms with Crippen LogP contribution in [0.4, 0.5) is 0 Å². The summed E-state index contributed by atoms with van der Waals surface area (Å²) < 4.78 is 22.5. The summed E-state index contributed by atoms with van der Waals surface area (Å²) in [4.78, 5) is 0. The number of aliphatic hydroxyl groups is 3. The molecule has 15 nitrogen and oxygen atoms in total. The zero-order valence-electron chi connectivity index (χ0n) is 17.2. The van der Waals surface area contributed by atoms with Gasteiger partial charge in [-0.1, -0.05) is 0 Å². The van der Waals surface area contributed by atoms with Crippen LogP contribution in [0, 0.1) is 0 Å². The average molecular weight is 467 g/mol. The monoisotopic (exact) mass is 467 g/mol. The lowest BCUT2D eigenvalue weighted by Gasteiger charge is -2.46. The molecule has 186 valence electrons. The van der Waals surface area contributed by atoms with E-state index in [0.717, 1.165) is 0 Å². The number of hydrogen-bond donors (Lipinski definition) is 11. The van der Waals surface area contributed by atoms with Crippen LogP contribution in [-0.2, 0) is 18.9 Å². The minimum Gasteiger partial charge on any atom is -0.466 e. The van der Waals surface area contributed by atoms with Crippen molar-refractivity contribution in [3.8, 4) is 0 Å². The van der Waals surface area contributed by atoms with Crippen molar-refractivity contribution < 1.29 is 49.9 Å². The van der Waals surface area contributed by atoms with Crippen LogP contribution in [-0.4, -0.2) is 111 Å². The molecule has 13 N–H and O–H groups in total. The van der Waals surface area contributed by atoms with Crippen LogP contribution in [0.2, 0.25) is 0 Å². The van der Waals surface area contributed by atoms with Crippen molar-refractivity contribution >= 4 is 0 Å². The first-order valence-corrected chi connectivity index (χ1v) is 10.3. The molecule has 1 aliphatic carbocycles. The highest BCUT2D eigenvalue weighted by Crippen LogP contribution is 2.30. The van der Waals surface area contributed by atoms with E-state index in [1.165, 1.54) is 0 Å². The first-order valence-electron chi connectivity index (χ1n) is 10.3. The largest absolute Gasteiger partial charge is 0.466 e. The van der Waals surface area contributed by atoms with Gasteiger partial charge in [0.2, 0.25) is 6.29 Å². The molecule has 0 bridgehead atoms. The Morgan fingerprint density at radius 2 is 1.66 bits per heavy atom. The summed E-state index contributed by atoms with van der Waals surface area (Å²) in [5.41, 5.74) is 18.0. The smallest absolute Gasteiger partial charge is 0.217 e. The van der Waals surface area contributed by atoms with Gasteiger partial charge in [0.05, 0.1) is 37.4 Å². The molecule has 0 aromatic carbocycles. The lowest BCUT2D eigenvalue weighted by molar-refractivity contribution is -0.295. The molecule has 32 heavy (non-hydrogen) atoms. The summed E-state index contributed by atoms with van der Waals surface area (Å²) in [6, 6.07) is -3.33. The van der Waals surface area contributed by atoms with E-state index in [4.69, 9.17) is 35.6 Å². The van der Waals surface area contributed by atoms with E-state index in [1.54, 1.807) is 6.08 Å². The molecule has 0 aromatic rings. The van der Waals surface area contributed by atoms with Gasteiger partial charge >= 0.3 is 0 Å². The Balaban J connectivity index is 1.72. The molecule has 1 saturated carbocycles. The maximum Gasteiger partial charge on any atom is 0.217 e. The normalized spacial score (nSPS) is 45.2. The predicted octanol–water partition coefficient (Wildman–Crippen LogP) is -4.44. The van der Waals surface area contributed by atoms with E-state index in [9.17, 15) is 25.7 Å². The quantitative estimate of drug-likeness (QED) is 0.151. The number of rotatable bonds is 8. The van der Waals surface area contributed by atoms with Crippen LogP contribution in [0.15, 0.2) is 11.8 Å². The maximum absolute atomic E-state index is 11.0. The molecule has 0 spiro atoms. The SMILES string of the molecule is NC1CC(NO)C(OC2OCC(O)C(N)C2O)C(O)C1OC1OC(CNO)=CCC1NO. The number of hydroxylamine groups is 3. The predicted molar refractivity (Wildman–Crippen MR) is 103 cm³/mol. The molecule has 2 fully saturated rings. The van der Waals surface area contributed by atoms with E-state index in [1.807, 2.05) is 11.0 Å². The van der Waals surface area contributed by atoms with E-state index >= 15 is 0 Å². The molecule has 11 unspecified atom stereocenters. The van der Waals surface area contributed by atoms with Crippen LogP contribution in [0.5, 0.6) is 0 Å². The second-order valence-corrected chi connectivity index (χ2v) is 8.13. The molecule has 1 saturated heterocycles. The van der Waals surface area contributed by atoms with Gasteiger partial charge in [0.15, 0.2) is 6.29 Å². The Kier molecular flexibility index (Phi) is 9.13. The van der Waals surface area contributed by atoms with E-state index in [2.05, 4.69) is 5.48 Å². The van der Waals surface area contributed by atoms with Gasteiger partial charge < -0.3 is 61.4 Å². The summed E-state index contributed by atoms with van der Waals surface area (Å²) in [6.45, 7) is -0.182. The zero-order valence-corrected chi connectivity index (χ0v) is 17.2. The summed E-state index contributed by atoms with van der Waals surface area (Å²) >= 11 is 0. The molecular formula is C17H33N5O10. The lowest BCUT2D eigenvalue weighted by Crippen LogP contribution is -2.67. The molecule has 11 atom stereocenters. The molecule has 15 heteroatoms. The first-order chi connectivity index (χ1) is 15.3. The van der Waals surface area contributed by atoms with Crippen LogP contribution in [0.25, 0.3) is 0 Å². The van der Waals surface area contributed by atoms with Crippen LogP contribution < -0.4 is 27.9 Å².